The number of aryl methyl sites for hydroxylation is 2. The number of phenols is 1. The molecule has 3 aliphatic rings. The zero-order valence-electron chi connectivity index (χ0n) is 16.9. The maximum atomic E-state index is 9.86. The molecule has 3 aliphatic carbocycles. The summed E-state index contributed by atoms with van der Waals surface area (Å²) in [5.74, 6) is 2.55. The molecule has 0 aliphatic heterocycles. The largest absolute Gasteiger partial charge is 0.508 e. The summed E-state index contributed by atoms with van der Waals surface area (Å²) < 4.78 is 0. The van der Waals surface area contributed by atoms with Gasteiger partial charge in [-0.15, -0.1) is 0 Å². The van der Waals surface area contributed by atoms with Gasteiger partial charge in [0, 0.05) is 11.1 Å². The lowest BCUT2D eigenvalue weighted by atomic mass is 9.55. The van der Waals surface area contributed by atoms with Gasteiger partial charge >= 0.3 is 0 Å². The first-order valence-corrected chi connectivity index (χ1v) is 10.8. The Bertz CT molecular complexity index is 917. The molecule has 146 valence electrons. The number of fused-ring (bicyclic) bond motifs is 5. The Morgan fingerprint density at radius 1 is 1.04 bits per heavy atom. The molecule has 0 aromatic heterocycles. The van der Waals surface area contributed by atoms with Crippen LogP contribution in [0.4, 0.5) is 5.69 Å². The standard InChI is InChI=1S/C25H30N2O/c1-16-3-6-18(7-4-16)26-27-24-12-11-23-22-9-5-17-15-19(28)8-10-20(17)21(22)13-14-25(23,24)2/h3-4,6-8,10,15,21-23,26,28H,5,9,11-14H2,1-2H3/b27-24+/t21?,22?,23?,25-/m0/s1. The number of phenolic OH excluding ortho intramolecular Hbond substituents is 1. The van der Waals surface area contributed by atoms with Gasteiger partial charge in [-0.3, -0.25) is 5.43 Å². The molecule has 0 radical (unpaired) electrons. The first kappa shape index (κ1) is 17.8. The number of benzene rings is 2. The van der Waals surface area contributed by atoms with Crippen LogP contribution in [0.1, 0.15) is 61.6 Å². The summed E-state index contributed by atoms with van der Waals surface area (Å²) in [4.78, 5) is 0. The highest BCUT2D eigenvalue weighted by atomic mass is 16.3. The number of hydrogen-bond donors (Lipinski definition) is 2. The Labute approximate surface area is 167 Å². The van der Waals surface area contributed by atoms with Gasteiger partial charge in [0.1, 0.15) is 5.75 Å². The molecule has 3 nitrogen and oxygen atoms in total. The Kier molecular flexibility index (Phi) is 4.22. The van der Waals surface area contributed by atoms with Crippen LogP contribution in [-0.4, -0.2) is 10.8 Å². The van der Waals surface area contributed by atoms with Crippen molar-refractivity contribution in [1.82, 2.24) is 0 Å². The second-order valence-electron chi connectivity index (χ2n) is 9.33. The molecule has 4 atom stereocenters. The predicted octanol–water partition coefficient (Wildman–Crippen LogP) is 6.02. The number of nitrogens with one attached hydrogen (secondary N) is 1. The van der Waals surface area contributed by atoms with E-state index < -0.39 is 0 Å². The normalized spacial score (nSPS) is 32.5. The smallest absolute Gasteiger partial charge is 0.115 e. The van der Waals surface area contributed by atoms with E-state index >= 15 is 0 Å². The summed E-state index contributed by atoms with van der Waals surface area (Å²) >= 11 is 0. The molecule has 0 spiro atoms. The van der Waals surface area contributed by atoms with E-state index in [1.54, 1.807) is 0 Å². The second kappa shape index (κ2) is 6.65. The van der Waals surface area contributed by atoms with Crippen LogP contribution < -0.4 is 5.43 Å². The third-order valence-corrected chi connectivity index (χ3v) is 7.82. The average Bonchev–Trinajstić information content (AvgIpc) is 3.03. The van der Waals surface area contributed by atoms with Crippen molar-refractivity contribution in [3.63, 3.8) is 0 Å². The number of anilines is 1. The lowest BCUT2D eigenvalue weighted by Gasteiger charge is -2.49. The minimum absolute atomic E-state index is 0.229. The van der Waals surface area contributed by atoms with E-state index in [-0.39, 0.29) is 5.41 Å². The van der Waals surface area contributed by atoms with Gasteiger partial charge in [0.25, 0.3) is 0 Å². The van der Waals surface area contributed by atoms with Crippen LogP contribution in [0, 0.1) is 24.2 Å². The first-order valence-electron chi connectivity index (χ1n) is 10.8. The van der Waals surface area contributed by atoms with E-state index in [1.165, 1.54) is 48.1 Å². The Morgan fingerprint density at radius 2 is 1.86 bits per heavy atom. The van der Waals surface area contributed by atoms with E-state index in [0.717, 1.165) is 30.4 Å². The highest BCUT2D eigenvalue weighted by Gasteiger charge is 2.53. The van der Waals surface area contributed by atoms with Crippen LogP contribution in [0.25, 0.3) is 0 Å². The van der Waals surface area contributed by atoms with Gasteiger partial charge in [-0.25, -0.2) is 0 Å². The zero-order chi connectivity index (χ0) is 19.3. The molecule has 2 aromatic carbocycles. The summed E-state index contributed by atoms with van der Waals surface area (Å²) in [5.41, 5.74) is 10.1. The fraction of sp³-hybridized carbons (Fsp3) is 0.480. The topological polar surface area (TPSA) is 44.6 Å². The number of hydrogen-bond acceptors (Lipinski definition) is 3. The second-order valence-corrected chi connectivity index (χ2v) is 9.33. The van der Waals surface area contributed by atoms with Gasteiger partial charge in [0.05, 0.1) is 5.69 Å². The van der Waals surface area contributed by atoms with Gasteiger partial charge < -0.3 is 5.11 Å². The molecule has 2 saturated carbocycles. The molecular weight excluding hydrogens is 344 g/mol. The molecule has 2 N–H and O–H groups in total. The van der Waals surface area contributed by atoms with Crippen LogP contribution in [-0.2, 0) is 6.42 Å². The van der Waals surface area contributed by atoms with Crippen molar-refractivity contribution in [3.8, 4) is 5.75 Å². The molecule has 3 unspecified atom stereocenters. The van der Waals surface area contributed by atoms with Crippen molar-refractivity contribution in [1.29, 1.82) is 0 Å². The minimum Gasteiger partial charge on any atom is -0.508 e. The number of rotatable bonds is 2. The van der Waals surface area contributed by atoms with Crippen LogP contribution >= 0.6 is 0 Å². The Hall–Kier alpha value is -2.29. The van der Waals surface area contributed by atoms with E-state index in [9.17, 15) is 5.11 Å². The van der Waals surface area contributed by atoms with Gasteiger partial charge in [0.2, 0.25) is 0 Å². The summed E-state index contributed by atoms with van der Waals surface area (Å²) in [6.45, 7) is 4.57. The molecule has 0 bridgehead atoms. The van der Waals surface area contributed by atoms with Crippen molar-refractivity contribution in [2.45, 2.75) is 58.3 Å². The number of aromatic hydroxyl groups is 1. The van der Waals surface area contributed by atoms with Crippen LogP contribution in [0.15, 0.2) is 47.6 Å². The highest BCUT2D eigenvalue weighted by molar-refractivity contribution is 5.93. The van der Waals surface area contributed by atoms with E-state index in [2.05, 4.69) is 49.6 Å². The summed E-state index contributed by atoms with van der Waals surface area (Å²) in [7, 11) is 0. The van der Waals surface area contributed by atoms with Gasteiger partial charge in [-0.2, -0.15) is 5.10 Å². The van der Waals surface area contributed by atoms with E-state index in [4.69, 9.17) is 5.10 Å². The molecule has 0 amide bonds. The summed E-state index contributed by atoms with van der Waals surface area (Å²) in [5, 5.41) is 14.8. The fourth-order valence-corrected chi connectivity index (χ4v) is 6.30. The Morgan fingerprint density at radius 3 is 2.68 bits per heavy atom. The third-order valence-electron chi connectivity index (χ3n) is 7.82. The molecule has 0 heterocycles. The monoisotopic (exact) mass is 374 g/mol. The van der Waals surface area contributed by atoms with E-state index in [0.29, 0.717) is 11.7 Å². The molecule has 3 heteroatoms. The van der Waals surface area contributed by atoms with Crippen molar-refractivity contribution >= 4 is 11.4 Å². The lowest BCUT2D eigenvalue weighted by molar-refractivity contribution is 0.0956. The van der Waals surface area contributed by atoms with Crippen molar-refractivity contribution in [2.75, 3.05) is 5.43 Å². The number of nitrogens with zero attached hydrogens (tertiary/aromatic N) is 1. The molecule has 2 aromatic rings. The Balaban J connectivity index is 1.39. The van der Waals surface area contributed by atoms with Crippen LogP contribution in [0.5, 0.6) is 5.75 Å². The van der Waals surface area contributed by atoms with E-state index in [1.807, 2.05) is 12.1 Å². The fourth-order valence-electron chi connectivity index (χ4n) is 6.30. The maximum absolute atomic E-state index is 9.86. The quantitative estimate of drug-likeness (QED) is 0.631. The molecule has 2 fully saturated rings. The van der Waals surface area contributed by atoms with Gasteiger partial charge in [0.15, 0.2) is 0 Å². The molecule has 0 saturated heterocycles. The maximum Gasteiger partial charge on any atom is 0.115 e. The van der Waals surface area contributed by atoms with Crippen molar-refractivity contribution < 1.29 is 5.11 Å². The van der Waals surface area contributed by atoms with Crippen LogP contribution in [0.3, 0.4) is 0 Å². The van der Waals surface area contributed by atoms with Crippen LogP contribution in [0.2, 0.25) is 0 Å². The molecule has 28 heavy (non-hydrogen) atoms. The van der Waals surface area contributed by atoms with Crippen molar-refractivity contribution in [3.05, 3.63) is 59.2 Å². The average molecular weight is 375 g/mol. The summed E-state index contributed by atoms with van der Waals surface area (Å²) in [6.07, 6.45) is 7.18. The summed E-state index contributed by atoms with van der Waals surface area (Å²) in [6, 6.07) is 14.5. The predicted molar refractivity (Wildman–Crippen MR) is 115 cm³/mol. The van der Waals surface area contributed by atoms with Crippen molar-refractivity contribution in [2.24, 2.45) is 22.4 Å². The molecular formula is C25H30N2O. The highest BCUT2D eigenvalue weighted by Crippen LogP contribution is 2.59. The molecule has 5 rings (SSSR count). The van der Waals surface area contributed by atoms with Gasteiger partial charge in [-0.05, 0) is 98.6 Å². The lowest BCUT2D eigenvalue weighted by Crippen LogP contribution is -2.42. The first-order chi connectivity index (χ1) is 13.5. The number of hydrazone groups is 1. The zero-order valence-corrected chi connectivity index (χ0v) is 16.9. The SMILES string of the molecule is Cc1ccc(N/N=C2\CCC3C4CCc5cc(O)ccc5C4CC[C@]23C)cc1. The third kappa shape index (κ3) is 2.83. The van der Waals surface area contributed by atoms with Gasteiger partial charge in [-0.1, -0.05) is 30.7 Å². The minimum atomic E-state index is 0.229.